The molecule has 4 nitrogen and oxygen atoms in total. The molecule has 18 heavy (non-hydrogen) atoms. The first-order valence-electron chi connectivity index (χ1n) is 5.74. The SMILES string of the molecule is COc1cc(/C(C)=C/[C@H](C)C(C)=O)oc(=O)c1C. The van der Waals surface area contributed by atoms with Crippen molar-refractivity contribution in [1.29, 1.82) is 0 Å². The molecular formula is C14H18O4. The van der Waals surface area contributed by atoms with Crippen LogP contribution >= 0.6 is 0 Å². The molecule has 0 N–H and O–H groups in total. The fourth-order valence-electron chi connectivity index (χ4n) is 1.51. The van der Waals surface area contributed by atoms with Gasteiger partial charge in [0.25, 0.3) is 0 Å². The second-order valence-electron chi connectivity index (χ2n) is 4.34. The minimum Gasteiger partial charge on any atom is -0.496 e. The maximum atomic E-state index is 11.6. The Morgan fingerprint density at radius 2 is 2.06 bits per heavy atom. The van der Waals surface area contributed by atoms with Crippen molar-refractivity contribution in [3.63, 3.8) is 0 Å². The number of hydrogen-bond acceptors (Lipinski definition) is 4. The summed E-state index contributed by atoms with van der Waals surface area (Å²) in [5, 5.41) is 0. The van der Waals surface area contributed by atoms with Crippen LogP contribution < -0.4 is 10.4 Å². The van der Waals surface area contributed by atoms with Crippen molar-refractivity contribution in [2.75, 3.05) is 7.11 Å². The first-order valence-corrected chi connectivity index (χ1v) is 5.74. The second-order valence-corrected chi connectivity index (χ2v) is 4.34. The molecule has 1 atom stereocenters. The van der Waals surface area contributed by atoms with Crippen LogP contribution in [-0.4, -0.2) is 12.9 Å². The first kappa shape index (κ1) is 14.2. The van der Waals surface area contributed by atoms with Crippen LogP contribution in [-0.2, 0) is 4.79 Å². The molecule has 0 amide bonds. The summed E-state index contributed by atoms with van der Waals surface area (Å²) >= 11 is 0. The van der Waals surface area contributed by atoms with Crippen LogP contribution in [0.2, 0.25) is 0 Å². The predicted molar refractivity (Wildman–Crippen MR) is 69.8 cm³/mol. The normalized spacial score (nSPS) is 13.3. The van der Waals surface area contributed by atoms with Gasteiger partial charge in [-0.1, -0.05) is 13.0 Å². The zero-order valence-electron chi connectivity index (χ0n) is 11.4. The molecule has 0 radical (unpaired) electrons. The maximum Gasteiger partial charge on any atom is 0.342 e. The zero-order valence-corrected chi connectivity index (χ0v) is 11.4. The third-order valence-electron chi connectivity index (χ3n) is 2.89. The molecule has 0 spiro atoms. The number of ketones is 1. The van der Waals surface area contributed by atoms with Gasteiger partial charge in [-0.15, -0.1) is 0 Å². The fraction of sp³-hybridized carbons (Fsp3) is 0.429. The van der Waals surface area contributed by atoms with E-state index in [9.17, 15) is 9.59 Å². The molecule has 98 valence electrons. The quantitative estimate of drug-likeness (QED) is 0.824. The van der Waals surface area contributed by atoms with Crippen molar-refractivity contribution in [3.05, 3.63) is 33.9 Å². The molecule has 0 unspecified atom stereocenters. The molecule has 0 aliphatic heterocycles. The molecule has 0 aromatic carbocycles. The van der Waals surface area contributed by atoms with E-state index < -0.39 is 5.63 Å². The van der Waals surface area contributed by atoms with Gasteiger partial charge in [-0.3, -0.25) is 4.79 Å². The Kier molecular flexibility index (Phi) is 4.48. The predicted octanol–water partition coefficient (Wildman–Crippen LogP) is 2.59. The number of methoxy groups -OCH3 is 1. The van der Waals surface area contributed by atoms with Crippen molar-refractivity contribution in [3.8, 4) is 5.75 Å². The highest BCUT2D eigenvalue weighted by molar-refractivity contribution is 5.81. The molecule has 0 fully saturated rings. The van der Waals surface area contributed by atoms with Crippen LogP contribution in [0.25, 0.3) is 5.57 Å². The summed E-state index contributed by atoms with van der Waals surface area (Å²) in [7, 11) is 1.50. The van der Waals surface area contributed by atoms with Crippen molar-refractivity contribution in [2.24, 2.45) is 5.92 Å². The van der Waals surface area contributed by atoms with Gasteiger partial charge in [-0.25, -0.2) is 4.79 Å². The molecule has 1 rings (SSSR count). The minimum atomic E-state index is -0.424. The summed E-state index contributed by atoms with van der Waals surface area (Å²) in [5.41, 5.74) is 0.759. The third kappa shape index (κ3) is 3.09. The number of ether oxygens (including phenoxy) is 1. The van der Waals surface area contributed by atoms with Gasteiger partial charge in [0.1, 0.15) is 17.3 Å². The summed E-state index contributed by atoms with van der Waals surface area (Å²) in [5.74, 6) is 0.776. The van der Waals surface area contributed by atoms with Gasteiger partial charge in [0.15, 0.2) is 0 Å². The Bertz CT molecular complexity index is 537. The van der Waals surface area contributed by atoms with Gasteiger partial charge in [-0.05, 0) is 26.3 Å². The lowest BCUT2D eigenvalue weighted by atomic mass is 10.0. The van der Waals surface area contributed by atoms with E-state index in [1.54, 1.807) is 32.9 Å². The summed E-state index contributed by atoms with van der Waals surface area (Å²) < 4.78 is 10.3. The van der Waals surface area contributed by atoms with Crippen LogP contribution in [0.15, 0.2) is 21.4 Å². The molecular weight excluding hydrogens is 232 g/mol. The van der Waals surface area contributed by atoms with Crippen molar-refractivity contribution >= 4 is 11.4 Å². The Hall–Kier alpha value is -1.84. The van der Waals surface area contributed by atoms with Crippen LogP contribution in [0.4, 0.5) is 0 Å². The van der Waals surface area contributed by atoms with Gasteiger partial charge in [0, 0.05) is 12.0 Å². The Labute approximate surface area is 106 Å². The Balaban J connectivity index is 3.22. The third-order valence-corrected chi connectivity index (χ3v) is 2.89. The van der Waals surface area contributed by atoms with Crippen LogP contribution in [0.5, 0.6) is 5.75 Å². The molecule has 1 heterocycles. The topological polar surface area (TPSA) is 56.5 Å². The molecule has 1 aromatic rings. The number of carbonyl (C=O) groups excluding carboxylic acids is 1. The molecule has 1 aromatic heterocycles. The van der Waals surface area contributed by atoms with Crippen LogP contribution in [0, 0.1) is 12.8 Å². The summed E-state index contributed by atoms with van der Waals surface area (Å²) in [6.45, 7) is 6.77. The highest BCUT2D eigenvalue weighted by atomic mass is 16.5. The van der Waals surface area contributed by atoms with Crippen molar-refractivity contribution < 1.29 is 13.9 Å². The highest BCUT2D eigenvalue weighted by Crippen LogP contribution is 2.22. The van der Waals surface area contributed by atoms with Crippen LogP contribution in [0.1, 0.15) is 32.1 Å². The summed E-state index contributed by atoms with van der Waals surface area (Å²) in [6, 6.07) is 1.66. The zero-order chi connectivity index (χ0) is 13.9. The van der Waals surface area contributed by atoms with E-state index in [1.165, 1.54) is 14.0 Å². The first-order chi connectivity index (χ1) is 8.36. The second kappa shape index (κ2) is 5.67. The van der Waals surface area contributed by atoms with E-state index in [4.69, 9.17) is 9.15 Å². The Morgan fingerprint density at radius 3 is 2.56 bits per heavy atom. The van der Waals surface area contributed by atoms with Gasteiger partial charge in [-0.2, -0.15) is 0 Å². The maximum absolute atomic E-state index is 11.6. The molecule has 0 saturated carbocycles. The molecule has 0 aliphatic carbocycles. The fourth-order valence-corrected chi connectivity index (χ4v) is 1.51. The van der Waals surface area contributed by atoms with E-state index in [0.717, 1.165) is 5.57 Å². The van der Waals surface area contributed by atoms with Crippen molar-refractivity contribution in [1.82, 2.24) is 0 Å². The summed E-state index contributed by atoms with van der Waals surface area (Å²) in [4.78, 5) is 22.8. The van der Waals surface area contributed by atoms with Crippen LogP contribution in [0.3, 0.4) is 0 Å². The average Bonchev–Trinajstić information content (AvgIpc) is 2.32. The number of rotatable bonds is 4. The average molecular weight is 250 g/mol. The smallest absolute Gasteiger partial charge is 0.342 e. The molecule has 0 bridgehead atoms. The van der Waals surface area contributed by atoms with E-state index in [2.05, 4.69) is 0 Å². The van der Waals surface area contributed by atoms with Crippen molar-refractivity contribution in [2.45, 2.75) is 27.7 Å². The van der Waals surface area contributed by atoms with E-state index in [0.29, 0.717) is 17.1 Å². The Morgan fingerprint density at radius 1 is 1.44 bits per heavy atom. The van der Waals surface area contributed by atoms with Gasteiger partial charge >= 0.3 is 5.63 Å². The standard InChI is InChI=1S/C14H18O4/c1-8(11(4)15)6-9(2)12-7-13(17-5)10(3)14(16)18-12/h6-8H,1-5H3/b9-6+/t8-/m0/s1. The lowest BCUT2D eigenvalue weighted by Crippen LogP contribution is -2.08. The highest BCUT2D eigenvalue weighted by Gasteiger charge is 2.11. The van der Waals surface area contributed by atoms with Gasteiger partial charge in [0.05, 0.1) is 12.7 Å². The molecule has 4 heteroatoms. The van der Waals surface area contributed by atoms with Gasteiger partial charge < -0.3 is 9.15 Å². The van der Waals surface area contributed by atoms with E-state index in [1.807, 2.05) is 0 Å². The van der Waals surface area contributed by atoms with Gasteiger partial charge in [0.2, 0.25) is 0 Å². The lowest BCUT2D eigenvalue weighted by Gasteiger charge is -2.07. The number of carbonyl (C=O) groups is 1. The number of Topliss-reactive ketones (excluding diaryl/α,β-unsaturated/α-hetero) is 1. The van der Waals surface area contributed by atoms with E-state index in [-0.39, 0.29) is 11.7 Å². The molecule has 0 aliphatic rings. The number of hydrogen-bond donors (Lipinski definition) is 0. The number of allylic oxidation sites excluding steroid dienone is 2. The van der Waals surface area contributed by atoms with E-state index >= 15 is 0 Å². The summed E-state index contributed by atoms with van der Waals surface area (Å²) in [6.07, 6.45) is 1.77. The largest absolute Gasteiger partial charge is 0.496 e. The monoisotopic (exact) mass is 250 g/mol. The lowest BCUT2D eigenvalue weighted by molar-refractivity contribution is -0.118. The minimum absolute atomic E-state index is 0.0655. The molecule has 0 saturated heterocycles.